The van der Waals surface area contributed by atoms with Crippen LogP contribution in [0.1, 0.15) is 11.6 Å². The molecule has 0 bridgehead atoms. The van der Waals surface area contributed by atoms with Crippen LogP contribution in [0.4, 0.5) is 0 Å². The van der Waals surface area contributed by atoms with Gasteiger partial charge in [0.05, 0.1) is 26.9 Å². The topological polar surface area (TPSA) is 84.9 Å². The van der Waals surface area contributed by atoms with Crippen molar-refractivity contribution in [2.75, 3.05) is 32.3 Å². The van der Waals surface area contributed by atoms with Crippen LogP contribution in [0, 0.1) is 0 Å². The van der Waals surface area contributed by atoms with Crippen LogP contribution in [0.15, 0.2) is 18.2 Å². The Labute approximate surface area is 117 Å². The first-order chi connectivity index (χ1) is 9.12. The summed E-state index contributed by atoms with van der Waals surface area (Å²) in [6.07, 6.45) is -0.692. The largest absolute Gasteiger partial charge is 0.493 e. The predicted molar refractivity (Wildman–Crippen MR) is 76.9 cm³/mol. The number of nitrogens with two attached hydrogens (primary N) is 1. The summed E-state index contributed by atoms with van der Waals surface area (Å²) < 4.78 is 10.4. The Bertz CT molecular complexity index is 389. The Balaban J connectivity index is 2.59. The number of methoxy groups -OCH3 is 2. The Morgan fingerprint density at radius 2 is 1.89 bits per heavy atom. The minimum Gasteiger partial charge on any atom is -0.493 e. The molecule has 6 heteroatoms. The lowest BCUT2D eigenvalue weighted by atomic mass is 10.1. The highest BCUT2D eigenvalue weighted by molar-refractivity contribution is 7.99. The number of benzene rings is 1. The van der Waals surface area contributed by atoms with Gasteiger partial charge in [-0.15, -0.1) is 0 Å². The highest BCUT2D eigenvalue weighted by Gasteiger charge is 2.11. The fourth-order valence-corrected chi connectivity index (χ4v) is 2.52. The van der Waals surface area contributed by atoms with Gasteiger partial charge in [0.25, 0.3) is 0 Å². The van der Waals surface area contributed by atoms with E-state index in [-0.39, 0.29) is 12.6 Å². The second kappa shape index (κ2) is 8.27. The minimum atomic E-state index is -0.692. The van der Waals surface area contributed by atoms with E-state index in [4.69, 9.17) is 20.3 Å². The van der Waals surface area contributed by atoms with E-state index in [0.29, 0.717) is 23.0 Å². The maximum atomic E-state index is 9.24. The maximum Gasteiger partial charge on any atom is 0.161 e. The zero-order chi connectivity index (χ0) is 14.3. The number of ether oxygens (including phenoxy) is 2. The molecule has 0 saturated heterocycles. The number of hydrogen-bond acceptors (Lipinski definition) is 6. The summed E-state index contributed by atoms with van der Waals surface area (Å²) in [7, 11) is 3.17. The van der Waals surface area contributed by atoms with E-state index in [9.17, 15) is 5.11 Å². The van der Waals surface area contributed by atoms with Crippen molar-refractivity contribution < 1.29 is 19.7 Å². The van der Waals surface area contributed by atoms with Crippen molar-refractivity contribution in [1.82, 2.24) is 0 Å². The number of thioether (sulfide) groups is 1. The van der Waals surface area contributed by atoms with Gasteiger partial charge < -0.3 is 25.4 Å². The van der Waals surface area contributed by atoms with Crippen LogP contribution in [0.5, 0.6) is 11.5 Å². The molecule has 0 amide bonds. The van der Waals surface area contributed by atoms with E-state index < -0.39 is 6.10 Å². The monoisotopic (exact) mass is 287 g/mol. The molecule has 2 unspecified atom stereocenters. The first-order valence-electron chi connectivity index (χ1n) is 5.96. The van der Waals surface area contributed by atoms with Gasteiger partial charge in [-0.2, -0.15) is 11.8 Å². The molecule has 0 saturated carbocycles. The van der Waals surface area contributed by atoms with E-state index in [1.165, 1.54) is 11.8 Å². The van der Waals surface area contributed by atoms with Crippen molar-refractivity contribution in [3.8, 4) is 11.5 Å². The fourth-order valence-electron chi connectivity index (χ4n) is 1.56. The summed E-state index contributed by atoms with van der Waals surface area (Å²) in [5.41, 5.74) is 7.02. The molecule has 5 nitrogen and oxygen atoms in total. The van der Waals surface area contributed by atoms with Crippen molar-refractivity contribution in [1.29, 1.82) is 0 Å². The average Bonchev–Trinajstić information content (AvgIpc) is 2.45. The van der Waals surface area contributed by atoms with Gasteiger partial charge in [-0.3, -0.25) is 0 Å². The molecule has 2 atom stereocenters. The molecular formula is C13H21NO4S. The standard InChI is InChI=1S/C13H21NO4S/c1-17-12-4-3-9(5-13(12)18-2)11(14)8-19-7-10(16)6-15/h3-5,10-11,15-16H,6-8,14H2,1-2H3. The summed E-state index contributed by atoms with van der Waals surface area (Å²) in [6.45, 7) is -0.224. The molecule has 0 heterocycles. The van der Waals surface area contributed by atoms with E-state index in [1.54, 1.807) is 14.2 Å². The average molecular weight is 287 g/mol. The summed E-state index contributed by atoms with van der Waals surface area (Å²) in [4.78, 5) is 0. The molecule has 0 radical (unpaired) electrons. The van der Waals surface area contributed by atoms with E-state index >= 15 is 0 Å². The van der Waals surface area contributed by atoms with Crippen LogP contribution in [-0.2, 0) is 0 Å². The van der Waals surface area contributed by atoms with Crippen LogP contribution in [0.2, 0.25) is 0 Å². The van der Waals surface area contributed by atoms with Gasteiger partial charge in [-0.1, -0.05) is 6.07 Å². The molecule has 0 aliphatic heterocycles. The molecule has 0 spiro atoms. The summed E-state index contributed by atoms with van der Waals surface area (Å²) >= 11 is 1.51. The van der Waals surface area contributed by atoms with Gasteiger partial charge in [0.2, 0.25) is 0 Å². The number of rotatable bonds is 8. The SMILES string of the molecule is COc1ccc(C(N)CSCC(O)CO)cc1OC. The number of aliphatic hydroxyl groups is 2. The molecule has 19 heavy (non-hydrogen) atoms. The van der Waals surface area contributed by atoms with Crippen LogP contribution < -0.4 is 15.2 Å². The van der Waals surface area contributed by atoms with Crippen molar-refractivity contribution in [2.24, 2.45) is 5.73 Å². The Kier molecular flexibility index (Phi) is 7.01. The molecular weight excluding hydrogens is 266 g/mol. The van der Waals surface area contributed by atoms with Gasteiger partial charge in [-0.05, 0) is 17.7 Å². The Morgan fingerprint density at radius 3 is 2.47 bits per heavy atom. The minimum absolute atomic E-state index is 0.157. The molecule has 108 valence electrons. The lowest BCUT2D eigenvalue weighted by Gasteiger charge is -2.15. The van der Waals surface area contributed by atoms with Crippen molar-refractivity contribution in [3.63, 3.8) is 0 Å². The van der Waals surface area contributed by atoms with Crippen LogP contribution in [0.3, 0.4) is 0 Å². The smallest absolute Gasteiger partial charge is 0.161 e. The highest BCUT2D eigenvalue weighted by Crippen LogP contribution is 2.30. The molecule has 0 aromatic heterocycles. The molecule has 4 N–H and O–H groups in total. The molecule has 0 aliphatic carbocycles. The number of aliphatic hydroxyl groups excluding tert-OH is 2. The van der Waals surface area contributed by atoms with Crippen molar-refractivity contribution >= 4 is 11.8 Å². The zero-order valence-corrected chi connectivity index (χ0v) is 12.0. The second-order valence-corrected chi connectivity index (χ2v) is 5.17. The van der Waals surface area contributed by atoms with E-state index in [1.807, 2.05) is 18.2 Å². The fraction of sp³-hybridized carbons (Fsp3) is 0.538. The third kappa shape index (κ3) is 4.91. The van der Waals surface area contributed by atoms with Gasteiger partial charge in [0, 0.05) is 17.5 Å². The van der Waals surface area contributed by atoms with Gasteiger partial charge >= 0.3 is 0 Å². The third-order valence-corrected chi connectivity index (χ3v) is 3.87. The second-order valence-electron chi connectivity index (χ2n) is 4.09. The Hall–Kier alpha value is -0.950. The molecule has 1 aromatic carbocycles. The summed E-state index contributed by atoms with van der Waals surface area (Å²) in [6, 6.07) is 5.42. The quantitative estimate of drug-likeness (QED) is 0.655. The third-order valence-electron chi connectivity index (χ3n) is 2.65. The molecule has 1 aromatic rings. The first kappa shape index (κ1) is 16.1. The zero-order valence-electron chi connectivity index (χ0n) is 11.2. The normalized spacial score (nSPS) is 13.9. The van der Waals surface area contributed by atoms with Gasteiger partial charge in [0.1, 0.15) is 0 Å². The number of hydrogen-bond donors (Lipinski definition) is 3. The summed E-state index contributed by atoms with van der Waals surface area (Å²) in [5, 5.41) is 18.0. The summed E-state index contributed by atoms with van der Waals surface area (Å²) in [5.74, 6) is 2.45. The van der Waals surface area contributed by atoms with Crippen LogP contribution >= 0.6 is 11.8 Å². The molecule has 1 rings (SSSR count). The van der Waals surface area contributed by atoms with Gasteiger partial charge in [0.15, 0.2) is 11.5 Å². The van der Waals surface area contributed by atoms with Gasteiger partial charge in [-0.25, -0.2) is 0 Å². The van der Waals surface area contributed by atoms with Crippen molar-refractivity contribution in [3.05, 3.63) is 23.8 Å². The lowest BCUT2D eigenvalue weighted by molar-refractivity contribution is 0.113. The predicted octanol–water partition coefficient (Wildman–Crippen LogP) is 0.790. The van der Waals surface area contributed by atoms with Crippen molar-refractivity contribution in [2.45, 2.75) is 12.1 Å². The first-order valence-corrected chi connectivity index (χ1v) is 7.12. The Morgan fingerprint density at radius 1 is 1.21 bits per heavy atom. The van der Waals surface area contributed by atoms with Crippen LogP contribution in [0.25, 0.3) is 0 Å². The van der Waals surface area contributed by atoms with Crippen LogP contribution in [-0.4, -0.2) is 48.6 Å². The maximum absolute atomic E-state index is 9.24. The lowest BCUT2D eigenvalue weighted by Crippen LogP contribution is -2.18. The molecule has 0 fully saturated rings. The van der Waals surface area contributed by atoms with E-state index in [0.717, 1.165) is 5.56 Å². The molecule has 0 aliphatic rings. The van der Waals surface area contributed by atoms with E-state index in [2.05, 4.69) is 0 Å². The highest BCUT2D eigenvalue weighted by atomic mass is 32.2.